The molecule has 5 nitrogen and oxygen atoms in total. The first kappa shape index (κ1) is 15.0. The number of thiazole rings is 2. The molecule has 0 spiro atoms. The van der Waals surface area contributed by atoms with Crippen LogP contribution in [0.1, 0.15) is 21.1 Å². The molecular weight excluding hydrogens is 342 g/mol. The van der Waals surface area contributed by atoms with E-state index in [1.54, 1.807) is 16.8 Å². The third-order valence-electron chi connectivity index (χ3n) is 3.54. The van der Waals surface area contributed by atoms with Crippen LogP contribution in [0, 0.1) is 6.92 Å². The molecule has 3 heterocycles. The van der Waals surface area contributed by atoms with Crippen LogP contribution in [0.2, 0.25) is 0 Å². The van der Waals surface area contributed by atoms with Crippen LogP contribution in [-0.2, 0) is 6.54 Å². The van der Waals surface area contributed by atoms with E-state index in [1.807, 2.05) is 43.3 Å². The Morgan fingerprint density at radius 1 is 1.25 bits per heavy atom. The van der Waals surface area contributed by atoms with Gasteiger partial charge >= 0.3 is 0 Å². The van der Waals surface area contributed by atoms with E-state index in [9.17, 15) is 4.79 Å². The Morgan fingerprint density at radius 3 is 2.92 bits per heavy atom. The zero-order valence-corrected chi connectivity index (χ0v) is 14.4. The molecule has 0 aliphatic rings. The normalized spacial score (nSPS) is 11.0. The van der Waals surface area contributed by atoms with Crippen LogP contribution in [0.4, 0.5) is 0 Å². The highest BCUT2D eigenvalue weighted by Crippen LogP contribution is 2.31. The quantitative estimate of drug-likeness (QED) is 0.594. The van der Waals surface area contributed by atoms with Crippen LogP contribution in [-0.4, -0.2) is 15.9 Å². The molecule has 4 aromatic rings. The van der Waals surface area contributed by atoms with Crippen molar-refractivity contribution in [1.29, 1.82) is 0 Å². The van der Waals surface area contributed by atoms with E-state index in [4.69, 9.17) is 4.42 Å². The summed E-state index contributed by atoms with van der Waals surface area (Å²) in [5.41, 5.74) is 3.37. The Hall–Kier alpha value is -2.51. The molecule has 1 amide bonds. The average Bonchev–Trinajstić information content (AvgIpc) is 3.31. The Balaban J connectivity index is 1.48. The molecule has 0 saturated carbocycles. The Labute approximate surface area is 146 Å². The second kappa shape index (κ2) is 6.18. The number of aromatic nitrogens is 2. The first-order valence-corrected chi connectivity index (χ1v) is 9.03. The van der Waals surface area contributed by atoms with E-state index in [1.165, 1.54) is 11.3 Å². The number of hydrogen-bond acceptors (Lipinski definition) is 6. The molecule has 0 atom stereocenters. The maximum absolute atomic E-state index is 12.1. The van der Waals surface area contributed by atoms with Gasteiger partial charge < -0.3 is 9.73 Å². The van der Waals surface area contributed by atoms with Gasteiger partial charge in [0.2, 0.25) is 0 Å². The number of para-hydroxylation sites is 1. The summed E-state index contributed by atoms with van der Waals surface area (Å²) in [7, 11) is 0. The number of carbonyl (C=O) groups is 1. The number of furan rings is 1. The van der Waals surface area contributed by atoms with Crippen LogP contribution in [0.5, 0.6) is 0 Å². The second-order valence-corrected chi connectivity index (χ2v) is 7.09. The summed E-state index contributed by atoms with van der Waals surface area (Å²) in [6, 6.07) is 11.7. The zero-order chi connectivity index (χ0) is 16.5. The van der Waals surface area contributed by atoms with Gasteiger partial charge in [0.05, 0.1) is 28.0 Å². The van der Waals surface area contributed by atoms with Gasteiger partial charge in [-0.3, -0.25) is 4.79 Å². The van der Waals surface area contributed by atoms with E-state index in [0.29, 0.717) is 17.2 Å². The van der Waals surface area contributed by atoms with E-state index >= 15 is 0 Å². The number of nitrogens with zero attached hydrogens (tertiary/aromatic N) is 2. The summed E-state index contributed by atoms with van der Waals surface area (Å²) in [6.45, 7) is 2.16. The number of fused-ring (bicyclic) bond motifs is 1. The number of rotatable bonds is 4. The van der Waals surface area contributed by atoms with Crippen molar-refractivity contribution in [2.24, 2.45) is 0 Å². The molecule has 0 fully saturated rings. The number of aryl methyl sites for hydroxylation is 1. The van der Waals surface area contributed by atoms with E-state index in [-0.39, 0.29) is 5.91 Å². The molecular formula is C17H13N3O2S2. The van der Waals surface area contributed by atoms with Gasteiger partial charge in [0.25, 0.3) is 5.91 Å². The predicted molar refractivity (Wildman–Crippen MR) is 95.3 cm³/mol. The average molecular weight is 355 g/mol. The van der Waals surface area contributed by atoms with Crippen molar-refractivity contribution in [3.8, 4) is 10.8 Å². The third kappa shape index (κ3) is 2.83. The Morgan fingerprint density at radius 2 is 2.12 bits per heavy atom. The molecule has 0 aliphatic carbocycles. The summed E-state index contributed by atoms with van der Waals surface area (Å²) in [5, 5.41) is 3.69. The molecule has 0 saturated heterocycles. The number of benzene rings is 1. The van der Waals surface area contributed by atoms with Crippen LogP contribution < -0.4 is 5.32 Å². The molecule has 1 N–H and O–H groups in total. The molecule has 4 rings (SSSR count). The van der Waals surface area contributed by atoms with Gasteiger partial charge in [0, 0.05) is 0 Å². The van der Waals surface area contributed by atoms with Crippen LogP contribution >= 0.6 is 22.7 Å². The molecule has 0 unspecified atom stereocenters. The molecule has 24 heavy (non-hydrogen) atoms. The van der Waals surface area contributed by atoms with E-state index in [0.717, 1.165) is 26.7 Å². The lowest BCUT2D eigenvalue weighted by Gasteiger charge is -2.01. The lowest BCUT2D eigenvalue weighted by atomic mass is 10.3. The molecule has 7 heteroatoms. The van der Waals surface area contributed by atoms with Crippen molar-refractivity contribution < 1.29 is 9.21 Å². The Kier molecular flexibility index (Phi) is 3.87. The summed E-state index contributed by atoms with van der Waals surface area (Å²) >= 11 is 2.92. The van der Waals surface area contributed by atoms with Gasteiger partial charge in [-0.15, -0.1) is 22.7 Å². The maximum Gasteiger partial charge on any atom is 0.263 e. The SMILES string of the molecule is Cc1ncsc1C(=O)NCc1ccc(-c2nc3ccccc3s2)o1. The first-order valence-electron chi connectivity index (χ1n) is 7.33. The summed E-state index contributed by atoms with van der Waals surface area (Å²) in [4.78, 5) is 21.4. The van der Waals surface area contributed by atoms with Crippen molar-refractivity contribution in [3.05, 3.63) is 58.2 Å². The highest BCUT2D eigenvalue weighted by molar-refractivity contribution is 7.21. The maximum atomic E-state index is 12.1. The summed E-state index contributed by atoms with van der Waals surface area (Å²) in [6.07, 6.45) is 0. The minimum Gasteiger partial charge on any atom is -0.457 e. The van der Waals surface area contributed by atoms with Crippen molar-refractivity contribution >= 4 is 38.8 Å². The zero-order valence-electron chi connectivity index (χ0n) is 12.8. The Bertz CT molecular complexity index is 983. The van der Waals surface area contributed by atoms with Gasteiger partial charge in [-0.2, -0.15) is 0 Å². The highest BCUT2D eigenvalue weighted by atomic mass is 32.1. The monoisotopic (exact) mass is 355 g/mol. The van der Waals surface area contributed by atoms with Crippen molar-refractivity contribution in [2.75, 3.05) is 0 Å². The lowest BCUT2D eigenvalue weighted by Crippen LogP contribution is -2.22. The number of hydrogen-bond donors (Lipinski definition) is 1. The fourth-order valence-electron chi connectivity index (χ4n) is 2.33. The van der Waals surface area contributed by atoms with Gasteiger partial charge in [-0.1, -0.05) is 12.1 Å². The number of carbonyl (C=O) groups excluding carboxylic acids is 1. The van der Waals surface area contributed by atoms with Gasteiger partial charge in [0.15, 0.2) is 10.8 Å². The topological polar surface area (TPSA) is 68.0 Å². The fraction of sp³-hybridized carbons (Fsp3) is 0.118. The van der Waals surface area contributed by atoms with E-state index in [2.05, 4.69) is 15.3 Å². The molecule has 1 aromatic carbocycles. The largest absolute Gasteiger partial charge is 0.457 e. The van der Waals surface area contributed by atoms with E-state index < -0.39 is 0 Å². The smallest absolute Gasteiger partial charge is 0.263 e. The van der Waals surface area contributed by atoms with Gasteiger partial charge in [-0.05, 0) is 31.2 Å². The number of nitrogens with one attached hydrogen (secondary N) is 1. The van der Waals surface area contributed by atoms with Crippen molar-refractivity contribution in [3.63, 3.8) is 0 Å². The van der Waals surface area contributed by atoms with Crippen LogP contribution in [0.15, 0.2) is 46.3 Å². The minimum absolute atomic E-state index is 0.132. The molecule has 3 aromatic heterocycles. The highest BCUT2D eigenvalue weighted by Gasteiger charge is 2.13. The first-order chi connectivity index (χ1) is 11.7. The summed E-state index contributed by atoms with van der Waals surface area (Å²) in [5.74, 6) is 1.28. The van der Waals surface area contributed by atoms with Crippen LogP contribution in [0.3, 0.4) is 0 Å². The van der Waals surface area contributed by atoms with Crippen molar-refractivity contribution in [2.45, 2.75) is 13.5 Å². The van der Waals surface area contributed by atoms with Crippen molar-refractivity contribution in [1.82, 2.24) is 15.3 Å². The molecule has 0 aliphatic heterocycles. The molecule has 120 valence electrons. The molecule has 0 bridgehead atoms. The third-order valence-corrected chi connectivity index (χ3v) is 5.52. The fourth-order valence-corrected chi connectivity index (χ4v) is 3.98. The standard InChI is InChI=1S/C17H13N3O2S2/c1-10-15(23-9-19-10)16(21)18-8-11-6-7-13(22-11)17-20-12-4-2-3-5-14(12)24-17/h2-7,9H,8H2,1H3,(H,18,21). The summed E-state index contributed by atoms with van der Waals surface area (Å²) < 4.78 is 6.94. The second-order valence-electron chi connectivity index (χ2n) is 5.20. The lowest BCUT2D eigenvalue weighted by molar-refractivity contribution is 0.0951. The van der Waals surface area contributed by atoms with Crippen LogP contribution in [0.25, 0.3) is 21.0 Å². The van der Waals surface area contributed by atoms with Gasteiger partial charge in [-0.25, -0.2) is 9.97 Å². The minimum atomic E-state index is -0.132. The molecule has 0 radical (unpaired) electrons. The van der Waals surface area contributed by atoms with Gasteiger partial charge in [0.1, 0.15) is 10.6 Å². The predicted octanol–water partition coefficient (Wildman–Crippen LogP) is 4.25. The number of amides is 1.